The molecule has 56 valence electrons. The molecule has 0 rings (SSSR count). The number of rotatable bonds is 2. The Balaban J connectivity index is 3.75. The Morgan fingerprint density at radius 1 is 1.00 bits per heavy atom. The first kappa shape index (κ1) is 8.54. The summed E-state index contributed by atoms with van der Waals surface area (Å²) in [6, 6.07) is 0. The molecule has 0 aromatic carbocycles. The van der Waals surface area contributed by atoms with Crippen molar-refractivity contribution in [3.63, 3.8) is 0 Å². The molecule has 6 heteroatoms. The maximum atomic E-state index is 10.8. The maximum absolute atomic E-state index is 10.8. The van der Waals surface area contributed by atoms with Crippen LogP contribution in [0.5, 0.6) is 0 Å². The van der Waals surface area contributed by atoms with Crippen LogP contribution in [0.4, 0.5) is 9.05 Å². The van der Waals surface area contributed by atoms with Gasteiger partial charge in [0, 0.05) is 21.2 Å². The average Bonchev–Trinajstić information content (AvgIpc) is 1.99. The van der Waals surface area contributed by atoms with Gasteiger partial charge in [-0.15, -0.1) is 0 Å². The monoisotopic (exact) mass is 152 g/mol. The molecule has 0 radical (unpaired) electrons. The van der Waals surface area contributed by atoms with Crippen LogP contribution in [-0.2, 0) is 19.5 Å². The Labute approximate surface area is 53.8 Å². The van der Waals surface area contributed by atoms with E-state index in [1.54, 1.807) is 0 Å². The number of hydrogen-bond donors (Lipinski definition) is 0. The topological polar surface area (TPSA) is 52.6 Å². The molecule has 0 saturated heterocycles. The smallest absolute Gasteiger partial charge is 0.250 e. The van der Waals surface area contributed by atoms with Gasteiger partial charge in [-0.05, 0) is 0 Å². The van der Waals surface area contributed by atoms with Gasteiger partial charge >= 0.3 is 11.9 Å². The fourth-order valence-electron chi connectivity index (χ4n) is 0.188. The lowest BCUT2D eigenvalue weighted by Gasteiger charge is -1.81. The zero-order chi connectivity index (χ0) is 7.98. The van der Waals surface area contributed by atoms with Gasteiger partial charge < -0.3 is 0 Å². The van der Waals surface area contributed by atoms with E-state index in [9.17, 15) is 18.6 Å². The Kier molecular flexibility index (Phi) is 3.78. The van der Waals surface area contributed by atoms with E-state index < -0.39 is 11.9 Å². The summed E-state index contributed by atoms with van der Waals surface area (Å²) in [4.78, 5) is 24.8. The van der Waals surface area contributed by atoms with Gasteiger partial charge in [-0.25, -0.2) is 9.59 Å². The molecule has 0 amide bonds. The molecule has 0 fully saturated rings. The Bertz CT molecular complexity index is 147. The van der Waals surface area contributed by atoms with Crippen molar-refractivity contribution in [2.45, 2.75) is 0 Å². The first-order valence-electron chi connectivity index (χ1n) is 2.04. The van der Waals surface area contributed by atoms with Crippen molar-refractivity contribution in [2.75, 3.05) is 0 Å². The van der Waals surface area contributed by atoms with Gasteiger partial charge in [0.1, 0.15) is 0 Å². The number of hydrogen-bond acceptors (Lipinski definition) is 4. The summed E-state index contributed by atoms with van der Waals surface area (Å²) in [6.45, 7) is 0. The first-order chi connectivity index (χ1) is 4.70. The predicted molar refractivity (Wildman–Crippen MR) is 23.5 cm³/mol. The third-order valence-corrected chi connectivity index (χ3v) is 0.508. The lowest BCUT2D eigenvalue weighted by atomic mass is 10.5. The summed E-state index contributed by atoms with van der Waals surface area (Å²) in [5, 5.41) is 0. The average molecular weight is 152 g/mol. The number of carbonyl (C=O) groups is 2. The Morgan fingerprint density at radius 3 is 1.50 bits per heavy atom. The summed E-state index contributed by atoms with van der Waals surface area (Å²) in [5.74, 6) is -2.82. The standard InChI is InChI=1S/C4H2F2O4/c5-9-3(7)1-2-4(8)10-6/h1-2H/b2-1-. The quantitative estimate of drug-likeness (QED) is 0.537. The van der Waals surface area contributed by atoms with Crippen LogP contribution in [0.3, 0.4) is 0 Å². The Hall–Kier alpha value is -1.46. The summed E-state index contributed by atoms with van der Waals surface area (Å²) >= 11 is 0. The Morgan fingerprint density at radius 2 is 1.30 bits per heavy atom. The van der Waals surface area contributed by atoms with Gasteiger partial charge in [-0.2, -0.15) is 0 Å². The van der Waals surface area contributed by atoms with Crippen molar-refractivity contribution in [3.05, 3.63) is 12.2 Å². The molecular formula is C4H2F2O4. The molecule has 0 heterocycles. The largest absolute Gasteiger partial charge is 0.372 e. The molecule has 0 aliphatic heterocycles. The second-order valence-corrected chi connectivity index (χ2v) is 1.13. The van der Waals surface area contributed by atoms with E-state index in [1.165, 1.54) is 0 Å². The minimum absolute atomic E-state index is 0.377. The van der Waals surface area contributed by atoms with E-state index in [0.29, 0.717) is 12.2 Å². The highest BCUT2D eigenvalue weighted by molar-refractivity contribution is 5.91. The minimum atomic E-state index is -1.41. The molecule has 0 saturated carbocycles. The van der Waals surface area contributed by atoms with Crippen molar-refractivity contribution in [2.24, 2.45) is 0 Å². The highest BCUT2D eigenvalue weighted by atomic mass is 19.3. The van der Waals surface area contributed by atoms with Gasteiger partial charge in [0.05, 0.1) is 0 Å². The molecule has 4 nitrogen and oxygen atoms in total. The fourth-order valence-corrected chi connectivity index (χ4v) is 0.188. The third-order valence-electron chi connectivity index (χ3n) is 0.508. The highest BCUT2D eigenvalue weighted by Gasteiger charge is 1.99. The van der Waals surface area contributed by atoms with Crippen LogP contribution in [0.1, 0.15) is 0 Å². The van der Waals surface area contributed by atoms with E-state index >= 15 is 0 Å². The van der Waals surface area contributed by atoms with Crippen LogP contribution < -0.4 is 0 Å². The molecule has 0 atom stereocenters. The first-order valence-corrected chi connectivity index (χ1v) is 2.04. The lowest BCUT2D eigenvalue weighted by molar-refractivity contribution is -0.179. The molecule has 0 aliphatic carbocycles. The maximum Gasteiger partial charge on any atom is 0.372 e. The van der Waals surface area contributed by atoms with Crippen LogP contribution in [0.25, 0.3) is 0 Å². The van der Waals surface area contributed by atoms with Crippen LogP contribution in [-0.4, -0.2) is 11.9 Å². The van der Waals surface area contributed by atoms with E-state index in [0.717, 1.165) is 0 Å². The SMILES string of the molecule is O=C(/C=C\C(=O)OF)OF. The zero-order valence-corrected chi connectivity index (χ0v) is 4.54. The van der Waals surface area contributed by atoms with Crippen molar-refractivity contribution >= 4 is 11.9 Å². The second kappa shape index (κ2) is 4.42. The summed E-state index contributed by atoms with van der Waals surface area (Å²) in [5.41, 5.74) is 0. The van der Waals surface area contributed by atoms with Crippen LogP contribution in [0.15, 0.2) is 12.2 Å². The highest BCUT2D eigenvalue weighted by Crippen LogP contribution is 1.84. The van der Waals surface area contributed by atoms with Gasteiger partial charge in [0.25, 0.3) is 0 Å². The number of carbonyl (C=O) groups excluding carboxylic acids is 2. The summed E-state index contributed by atoms with van der Waals surface area (Å²) < 4.78 is 21.6. The van der Waals surface area contributed by atoms with Gasteiger partial charge in [0.2, 0.25) is 0 Å². The molecule has 0 spiro atoms. The predicted octanol–water partition coefficient (Wildman–Crippen LogP) is 0.398. The third kappa shape index (κ3) is 3.53. The molecule has 0 aromatic heterocycles. The molecule has 0 bridgehead atoms. The molecule has 0 aromatic rings. The molecule has 10 heavy (non-hydrogen) atoms. The summed E-state index contributed by atoms with van der Waals surface area (Å²) in [7, 11) is 0. The fraction of sp³-hybridized carbons (Fsp3) is 0. The number of halogens is 2. The van der Waals surface area contributed by atoms with Crippen molar-refractivity contribution in [3.8, 4) is 0 Å². The van der Waals surface area contributed by atoms with Gasteiger partial charge in [-0.3, -0.25) is 9.88 Å². The van der Waals surface area contributed by atoms with E-state index in [2.05, 4.69) is 9.88 Å². The molecule has 0 aliphatic rings. The van der Waals surface area contributed by atoms with Crippen molar-refractivity contribution in [1.29, 1.82) is 0 Å². The van der Waals surface area contributed by atoms with Crippen LogP contribution in [0.2, 0.25) is 0 Å². The van der Waals surface area contributed by atoms with Crippen LogP contribution in [0, 0.1) is 0 Å². The van der Waals surface area contributed by atoms with Gasteiger partial charge in [0.15, 0.2) is 0 Å². The molecule has 0 N–H and O–H groups in total. The van der Waals surface area contributed by atoms with Crippen LogP contribution >= 0.6 is 0 Å². The molecule has 0 unspecified atom stereocenters. The van der Waals surface area contributed by atoms with E-state index in [4.69, 9.17) is 0 Å². The normalized spacial score (nSPS) is 9.40. The summed E-state index contributed by atoms with van der Waals surface area (Å²) in [6.07, 6.45) is 0.754. The van der Waals surface area contributed by atoms with Gasteiger partial charge in [-0.1, -0.05) is 0 Å². The van der Waals surface area contributed by atoms with Crippen molar-refractivity contribution < 1.29 is 28.5 Å². The lowest BCUT2D eigenvalue weighted by Crippen LogP contribution is -1.95. The minimum Gasteiger partial charge on any atom is -0.250 e. The van der Waals surface area contributed by atoms with E-state index in [1.807, 2.05) is 0 Å². The second-order valence-electron chi connectivity index (χ2n) is 1.13. The van der Waals surface area contributed by atoms with E-state index in [-0.39, 0.29) is 0 Å². The zero-order valence-electron chi connectivity index (χ0n) is 4.54. The van der Waals surface area contributed by atoms with Crippen molar-refractivity contribution in [1.82, 2.24) is 0 Å². The molecular weight excluding hydrogens is 150 g/mol.